The van der Waals surface area contributed by atoms with Crippen LogP contribution in [0.4, 0.5) is 0 Å². The van der Waals surface area contributed by atoms with Gasteiger partial charge in [-0.15, -0.1) is 10.2 Å². The molecule has 4 heteroatoms. The molecule has 0 aliphatic carbocycles. The van der Waals surface area contributed by atoms with Crippen LogP contribution in [0, 0.1) is 19.8 Å². The van der Waals surface area contributed by atoms with Gasteiger partial charge in [0.2, 0.25) is 0 Å². The van der Waals surface area contributed by atoms with Crippen LogP contribution in [0.2, 0.25) is 0 Å². The second-order valence-corrected chi connectivity index (χ2v) is 14.7. The molecule has 4 rings (SSSR count). The fraction of sp³-hybridized carbons (Fsp3) is 0.400. The van der Waals surface area contributed by atoms with E-state index in [2.05, 4.69) is 102 Å². The van der Waals surface area contributed by atoms with Gasteiger partial charge in [-0.25, -0.2) is 0 Å². The van der Waals surface area contributed by atoms with E-state index in [9.17, 15) is 0 Å². The molecule has 34 heavy (non-hydrogen) atoms. The highest BCUT2D eigenvalue weighted by Gasteiger charge is 2.26. The summed E-state index contributed by atoms with van der Waals surface area (Å²) in [7, 11) is -0.826. The first-order valence-corrected chi connectivity index (χ1v) is 15.7. The minimum absolute atomic E-state index is 0.656. The van der Waals surface area contributed by atoms with Gasteiger partial charge in [0, 0.05) is 20.6 Å². The second kappa shape index (κ2) is 11.3. The first kappa shape index (κ1) is 26.1. The van der Waals surface area contributed by atoms with E-state index in [1.807, 2.05) is 18.6 Å². The molecule has 0 radical (unpaired) electrons. The molecule has 0 saturated heterocycles. The molecule has 180 valence electrons. The molecular formula is C30H41N3P+. The fourth-order valence-electron chi connectivity index (χ4n) is 4.52. The first-order chi connectivity index (χ1) is 16.3. The SMILES string of the molecule is CC.CC[P+](C)(C)CC(C)Cc1cc(-c2ccccc2)cc(-n2nc3ccc(C)cc3n2)c1C. The lowest BCUT2D eigenvalue weighted by molar-refractivity contribution is 0.647. The summed E-state index contributed by atoms with van der Waals surface area (Å²) in [6, 6.07) is 21.5. The first-order valence-electron chi connectivity index (χ1n) is 12.6. The molecule has 0 amide bonds. The van der Waals surface area contributed by atoms with Crippen LogP contribution in [0.25, 0.3) is 27.8 Å². The summed E-state index contributed by atoms with van der Waals surface area (Å²) in [5, 5.41) is 9.67. The number of nitrogens with zero attached hydrogens (tertiary/aromatic N) is 3. The molecule has 4 aromatic rings. The molecule has 0 aliphatic heterocycles. The maximum absolute atomic E-state index is 4.84. The lowest BCUT2D eigenvalue weighted by atomic mass is 9.93. The molecule has 1 aromatic heterocycles. The quantitative estimate of drug-likeness (QED) is 0.253. The highest BCUT2D eigenvalue weighted by molar-refractivity contribution is 7.74. The smallest absolute Gasteiger partial charge is 0.113 e. The average molecular weight is 475 g/mol. The molecule has 0 saturated carbocycles. The Kier molecular flexibility index (Phi) is 8.66. The maximum Gasteiger partial charge on any atom is 0.113 e. The Hall–Kier alpha value is -2.51. The van der Waals surface area contributed by atoms with Crippen molar-refractivity contribution in [3.63, 3.8) is 0 Å². The zero-order chi connectivity index (χ0) is 24.9. The van der Waals surface area contributed by atoms with Crippen molar-refractivity contribution in [3.05, 3.63) is 77.4 Å². The van der Waals surface area contributed by atoms with Crippen molar-refractivity contribution in [3.8, 4) is 16.8 Å². The van der Waals surface area contributed by atoms with Crippen LogP contribution >= 0.6 is 7.26 Å². The predicted octanol–water partition coefficient (Wildman–Crippen LogP) is 8.21. The Labute approximate surface area is 206 Å². The minimum atomic E-state index is -0.826. The Morgan fingerprint density at radius 2 is 1.53 bits per heavy atom. The largest absolute Gasteiger partial charge is 0.150 e. The van der Waals surface area contributed by atoms with Crippen molar-refractivity contribution in [2.45, 2.75) is 48.0 Å². The molecule has 1 atom stereocenters. The van der Waals surface area contributed by atoms with Crippen molar-refractivity contribution in [1.29, 1.82) is 0 Å². The maximum atomic E-state index is 4.84. The zero-order valence-corrected chi connectivity index (χ0v) is 23.2. The Bertz CT molecular complexity index is 1220. The lowest BCUT2D eigenvalue weighted by Crippen LogP contribution is -2.12. The van der Waals surface area contributed by atoms with Crippen LogP contribution in [-0.2, 0) is 6.42 Å². The zero-order valence-electron chi connectivity index (χ0n) is 22.3. The third kappa shape index (κ3) is 6.13. The van der Waals surface area contributed by atoms with Gasteiger partial charge in [0.15, 0.2) is 0 Å². The van der Waals surface area contributed by atoms with Gasteiger partial charge in [0.05, 0.1) is 18.0 Å². The third-order valence-corrected chi connectivity index (χ3v) is 9.90. The highest BCUT2D eigenvalue weighted by Crippen LogP contribution is 2.52. The van der Waals surface area contributed by atoms with Crippen molar-refractivity contribution in [2.24, 2.45) is 5.92 Å². The van der Waals surface area contributed by atoms with E-state index in [0.717, 1.165) is 23.1 Å². The van der Waals surface area contributed by atoms with Gasteiger partial charge < -0.3 is 0 Å². The number of aryl methyl sites for hydroxylation is 1. The van der Waals surface area contributed by atoms with Gasteiger partial charge in [-0.3, -0.25) is 0 Å². The van der Waals surface area contributed by atoms with Gasteiger partial charge in [0.1, 0.15) is 11.0 Å². The third-order valence-electron chi connectivity index (χ3n) is 6.58. The van der Waals surface area contributed by atoms with Gasteiger partial charge in [0.25, 0.3) is 0 Å². The summed E-state index contributed by atoms with van der Waals surface area (Å²) in [5.41, 5.74) is 9.31. The van der Waals surface area contributed by atoms with Crippen LogP contribution in [0.15, 0.2) is 60.7 Å². The van der Waals surface area contributed by atoms with Crippen LogP contribution in [0.1, 0.15) is 44.4 Å². The average Bonchev–Trinajstić information content (AvgIpc) is 3.25. The van der Waals surface area contributed by atoms with E-state index in [4.69, 9.17) is 10.2 Å². The molecule has 0 N–H and O–H groups in total. The van der Waals surface area contributed by atoms with Crippen molar-refractivity contribution >= 4 is 18.3 Å². The molecular weight excluding hydrogens is 433 g/mol. The predicted molar refractivity (Wildman–Crippen MR) is 152 cm³/mol. The molecule has 1 unspecified atom stereocenters. The van der Waals surface area contributed by atoms with E-state index in [1.54, 1.807) is 0 Å². The second-order valence-electron chi connectivity index (χ2n) is 9.87. The van der Waals surface area contributed by atoms with Gasteiger partial charge in [-0.1, -0.05) is 63.2 Å². The standard InChI is InChI=1S/C28H35N3P.C2H6/c1-7-32(5,6)19-21(3)15-24-17-25(23-11-9-8-10-12-23)18-28(22(24)4)31-29-26-14-13-20(2)16-27(26)30-31;1-2/h8-14,16-18,21H,7,15,19H2,1-6H3;1-2H3/q+1;. The molecule has 3 nitrogen and oxygen atoms in total. The summed E-state index contributed by atoms with van der Waals surface area (Å²) in [4.78, 5) is 1.84. The normalized spacial score (nSPS) is 12.4. The Morgan fingerprint density at radius 3 is 2.21 bits per heavy atom. The Balaban J connectivity index is 0.00000158. The topological polar surface area (TPSA) is 30.7 Å². The summed E-state index contributed by atoms with van der Waals surface area (Å²) in [5.74, 6) is 0.656. The fourth-order valence-corrected chi connectivity index (χ4v) is 6.59. The minimum Gasteiger partial charge on any atom is -0.150 e. The number of rotatable bonds is 7. The monoisotopic (exact) mass is 474 g/mol. The van der Waals surface area contributed by atoms with Crippen LogP contribution in [-0.4, -0.2) is 40.6 Å². The number of hydrogen-bond acceptors (Lipinski definition) is 2. The molecule has 0 aliphatic rings. The van der Waals surface area contributed by atoms with Gasteiger partial charge >= 0.3 is 0 Å². The number of hydrogen-bond donors (Lipinski definition) is 0. The summed E-state index contributed by atoms with van der Waals surface area (Å²) < 4.78 is 0. The van der Waals surface area contributed by atoms with Crippen molar-refractivity contribution in [1.82, 2.24) is 15.0 Å². The number of benzene rings is 3. The summed E-state index contributed by atoms with van der Waals surface area (Å²) in [6.07, 6.45) is 3.73. The van der Waals surface area contributed by atoms with E-state index < -0.39 is 7.26 Å². The van der Waals surface area contributed by atoms with E-state index >= 15 is 0 Å². The molecule has 0 bridgehead atoms. The van der Waals surface area contributed by atoms with Gasteiger partial charge in [-0.05, 0) is 79.1 Å². The van der Waals surface area contributed by atoms with Crippen LogP contribution in [0.5, 0.6) is 0 Å². The molecule has 0 spiro atoms. The van der Waals surface area contributed by atoms with Crippen LogP contribution < -0.4 is 0 Å². The van der Waals surface area contributed by atoms with E-state index in [0.29, 0.717) is 5.92 Å². The highest BCUT2D eigenvalue weighted by atomic mass is 31.2. The summed E-state index contributed by atoms with van der Waals surface area (Å²) >= 11 is 0. The Morgan fingerprint density at radius 1 is 0.853 bits per heavy atom. The molecule has 1 heterocycles. The van der Waals surface area contributed by atoms with Gasteiger partial charge in [-0.2, -0.15) is 4.80 Å². The molecule has 3 aromatic carbocycles. The lowest BCUT2D eigenvalue weighted by Gasteiger charge is -2.22. The van der Waals surface area contributed by atoms with E-state index in [-0.39, 0.29) is 0 Å². The number of fused-ring (bicyclic) bond motifs is 1. The van der Waals surface area contributed by atoms with Crippen LogP contribution in [0.3, 0.4) is 0 Å². The molecule has 0 fully saturated rings. The summed E-state index contributed by atoms with van der Waals surface area (Å²) in [6.45, 7) is 18.1. The van der Waals surface area contributed by atoms with Crippen molar-refractivity contribution < 1.29 is 0 Å². The van der Waals surface area contributed by atoms with E-state index in [1.165, 1.54) is 40.1 Å². The number of aromatic nitrogens is 3. The van der Waals surface area contributed by atoms with Crippen molar-refractivity contribution in [2.75, 3.05) is 25.7 Å².